The first kappa shape index (κ1) is 11.3. The van der Waals surface area contributed by atoms with E-state index in [4.69, 9.17) is 4.42 Å². The highest BCUT2D eigenvalue weighted by Crippen LogP contribution is 2.24. The second-order valence-electron chi connectivity index (χ2n) is 3.66. The van der Waals surface area contributed by atoms with Crippen molar-refractivity contribution in [3.63, 3.8) is 0 Å². The molecule has 0 radical (unpaired) electrons. The molecule has 1 atom stereocenters. The molecule has 0 aliphatic carbocycles. The van der Waals surface area contributed by atoms with Gasteiger partial charge in [0.1, 0.15) is 5.76 Å². The monoisotopic (exact) mass is 196 g/mol. The molecule has 1 rings (SSSR count). The summed E-state index contributed by atoms with van der Waals surface area (Å²) in [6, 6.07) is 1.88. The molecule has 0 bridgehead atoms. The standard InChI is InChI=1S/C12H20O2/c1-3-5-6-7-11(13)10-8-9-14-12(10)4-2/h8-9,11,13H,3-7H2,1-2H3. The molecule has 1 N–H and O–H groups in total. The number of rotatable bonds is 6. The Morgan fingerprint density at radius 1 is 1.36 bits per heavy atom. The molecule has 1 heterocycles. The molecule has 0 fully saturated rings. The molecular weight excluding hydrogens is 176 g/mol. The van der Waals surface area contributed by atoms with E-state index in [0.29, 0.717) is 0 Å². The summed E-state index contributed by atoms with van der Waals surface area (Å²) in [4.78, 5) is 0. The Balaban J connectivity index is 2.47. The van der Waals surface area contributed by atoms with Gasteiger partial charge in [-0.2, -0.15) is 0 Å². The topological polar surface area (TPSA) is 33.4 Å². The number of aryl methyl sites for hydroxylation is 1. The summed E-state index contributed by atoms with van der Waals surface area (Å²) in [6.07, 6.45) is 6.50. The third kappa shape index (κ3) is 2.88. The minimum absolute atomic E-state index is 0.338. The maximum atomic E-state index is 9.89. The SMILES string of the molecule is CCCCCC(O)c1ccoc1CC. The maximum absolute atomic E-state index is 9.89. The van der Waals surface area contributed by atoms with Gasteiger partial charge in [-0.3, -0.25) is 0 Å². The van der Waals surface area contributed by atoms with E-state index in [9.17, 15) is 5.11 Å². The zero-order valence-corrected chi connectivity index (χ0v) is 9.12. The van der Waals surface area contributed by atoms with Crippen molar-refractivity contribution in [1.82, 2.24) is 0 Å². The summed E-state index contributed by atoms with van der Waals surface area (Å²) in [5.41, 5.74) is 0.976. The molecule has 0 amide bonds. The predicted molar refractivity (Wildman–Crippen MR) is 57.2 cm³/mol. The van der Waals surface area contributed by atoms with Gasteiger partial charge in [0.2, 0.25) is 0 Å². The summed E-state index contributed by atoms with van der Waals surface area (Å²) in [7, 11) is 0. The average molecular weight is 196 g/mol. The summed E-state index contributed by atoms with van der Waals surface area (Å²) in [6.45, 7) is 4.21. The highest BCUT2D eigenvalue weighted by Gasteiger charge is 2.13. The summed E-state index contributed by atoms with van der Waals surface area (Å²) >= 11 is 0. The van der Waals surface area contributed by atoms with Gasteiger partial charge in [-0.1, -0.05) is 33.1 Å². The molecule has 2 heteroatoms. The molecule has 1 aromatic rings. The van der Waals surface area contributed by atoms with Crippen LogP contribution in [0.25, 0.3) is 0 Å². The van der Waals surface area contributed by atoms with Crippen molar-refractivity contribution < 1.29 is 9.52 Å². The van der Waals surface area contributed by atoms with Crippen LogP contribution in [0.3, 0.4) is 0 Å². The van der Waals surface area contributed by atoms with Crippen LogP contribution in [0, 0.1) is 0 Å². The maximum Gasteiger partial charge on any atom is 0.109 e. The Morgan fingerprint density at radius 3 is 2.79 bits per heavy atom. The predicted octanol–water partition coefficient (Wildman–Crippen LogP) is 3.46. The van der Waals surface area contributed by atoms with E-state index in [0.717, 1.165) is 30.6 Å². The van der Waals surface area contributed by atoms with Crippen molar-refractivity contribution in [2.45, 2.75) is 52.1 Å². The Kier molecular flexibility index (Phi) is 4.74. The summed E-state index contributed by atoms with van der Waals surface area (Å²) in [5.74, 6) is 0.925. The van der Waals surface area contributed by atoms with Crippen molar-refractivity contribution in [2.24, 2.45) is 0 Å². The lowest BCUT2D eigenvalue weighted by Crippen LogP contribution is -1.98. The van der Waals surface area contributed by atoms with Gasteiger partial charge in [0.05, 0.1) is 12.4 Å². The molecule has 0 aromatic carbocycles. The van der Waals surface area contributed by atoms with E-state index < -0.39 is 0 Å². The van der Waals surface area contributed by atoms with Gasteiger partial charge in [-0.15, -0.1) is 0 Å². The molecular formula is C12H20O2. The quantitative estimate of drug-likeness (QED) is 0.707. The number of aliphatic hydroxyl groups is 1. The van der Waals surface area contributed by atoms with Crippen LogP contribution >= 0.6 is 0 Å². The van der Waals surface area contributed by atoms with Crippen LogP contribution in [0.15, 0.2) is 16.7 Å². The number of hydrogen-bond acceptors (Lipinski definition) is 2. The number of aliphatic hydroxyl groups excluding tert-OH is 1. The van der Waals surface area contributed by atoms with E-state index >= 15 is 0 Å². The zero-order chi connectivity index (χ0) is 10.4. The van der Waals surface area contributed by atoms with Crippen LogP contribution in [0.5, 0.6) is 0 Å². The molecule has 2 nitrogen and oxygen atoms in total. The fraction of sp³-hybridized carbons (Fsp3) is 0.667. The van der Waals surface area contributed by atoms with Crippen LogP contribution in [0.4, 0.5) is 0 Å². The Hall–Kier alpha value is -0.760. The molecule has 0 saturated heterocycles. The third-order valence-electron chi connectivity index (χ3n) is 2.54. The Labute approximate surface area is 85.9 Å². The van der Waals surface area contributed by atoms with E-state index in [-0.39, 0.29) is 6.10 Å². The van der Waals surface area contributed by atoms with Gasteiger partial charge in [0.15, 0.2) is 0 Å². The van der Waals surface area contributed by atoms with Crippen molar-refractivity contribution in [2.75, 3.05) is 0 Å². The van der Waals surface area contributed by atoms with Crippen molar-refractivity contribution in [3.05, 3.63) is 23.7 Å². The highest BCUT2D eigenvalue weighted by molar-refractivity contribution is 5.19. The van der Waals surface area contributed by atoms with Crippen LogP contribution in [-0.4, -0.2) is 5.11 Å². The van der Waals surface area contributed by atoms with Crippen LogP contribution < -0.4 is 0 Å². The van der Waals surface area contributed by atoms with Crippen molar-refractivity contribution in [3.8, 4) is 0 Å². The molecule has 14 heavy (non-hydrogen) atoms. The first-order chi connectivity index (χ1) is 6.79. The number of furan rings is 1. The summed E-state index contributed by atoms with van der Waals surface area (Å²) < 4.78 is 5.28. The minimum atomic E-state index is -0.338. The van der Waals surface area contributed by atoms with Crippen molar-refractivity contribution in [1.29, 1.82) is 0 Å². The number of hydrogen-bond donors (Lipinski definition) is 1. The van der Waals surface area contributed by atoms with Gasteiger partial charge in [0.25, 0.3) is 0 Å². The first-order valence-corrected chi connectivity index (χ1v) is 5.53. The third-order valence-corrected chi connectivity index (χ3v) is 2.54. The normalized spacial score (nSPS) is 13.1. The molecule has 0 aliphatic rings. The second kappa shape index (κ2) is 5.86. The molecule has 0 aliphatic heterocycles. The minimum Gasteiger partial charge on any atom is -0.469 e. The lowest BCUT2D eigenvalue weighted by molar-refractivity contribution is 0.161. The average Bonchev–Trinajstić information content (AvgIpc) is 2.65. The highest BCUT2D eigenvalue weighted by atomic mass is 16.3. The zero-order valence-electron chi connectivity index (χ0n) is 9.12. The van der Waals surface area contributed by atoms with Gasteiger partial charge in [-0.05, 0) is 12.5 Å². The van der Waals surface area contributed by atoms with Crippen LogP contribution in [0.2, 0.25) is 0 Å². The smallest absolute Gasteiger partial charge is 0.109 e. The van der Waals surface area contributed by atoms with Crippen LogP contribution in [0.1, 0.15) is 57.0 Å². The van der Waals surface area contributed by atoms with Gasteiger partial charge in [-0.25, -0.2) is 0 Å². The van der Waals surface area contributed by atoms with E-state index in [2.05, 4.69) is 6.92 Å². The molecule has 1 aromatic heterocycles. The van der Waals surface area contributed by atoms with Crippen molar-refractivity contribution >= 4 is 0 Å². The Morgan fingerprint density at radius 2 is 2.14 bits per heavy atom. The largest absolute Gasteiger partial charge is 0.469 e. The van der Waals surface area contributed by atoms with Crippen LogP contribution in [-0.2, 0) is 6.42 Å². The van der Waals surface area contributed by atoms with Gasteiger partial charge >= 0.3 is 0 Å². The molecule has 0 saturated carbocycles. The fourth-order valence-corrected chi connectivity index (χ4v) is 1.68. The van der Waals surface area contributed by atoms with Gasteiger partial charge < -0.3 is 9.52 Å². The second-order valence-corrected chi connectivity index (χ2v) is 3.66. The lowest BCUT2D eigenvalue weighted by Gasteiger charge is -2.09. The summed E-state index contributed by atoms with van der Waals surface area (Å²) in [5, 5.41) is 9.89. The van der Waals surface area contributed by atoms with Gasteiger partial charge in [0, 0.05) is 12.0 Å². The Bertz CT molecular complexity index is 253. The lowest BCUT2D eigenvalue weighted by atomic mass is 10.0. The molecule has 80 valence electrons. The molecule has 1 unspecified atom stereocenters. The van der Waals surface area contributed by atoms with E-state index in [1.165, 1.54) is 12.8 Å². The molecule has 0 spiro atoms. The fourth-order valence-electron chi connectivity index (χ4n) is 1.68. The van der Waals surface area contributed by atoms with E-state index in [1.807, 2.05) is 13.0 Å². The first-order valence-electron chi connectivity index (χ1n) is 5.53. The number of unbranched alkanes of at least 4 members (excludes halogenated alkanes) is 2. The van der Waals surface area contributed by atoms with E-state index in [1.54, 1.807) is 6.26 Å².